The van der Waals surface area contributed by atoms with Crippen molar-refractivity contribution in [2.24, 2.45) is 5.41 Å². The molecule has 0 bridgehead atoms. The molecule has 3 rings (SSSR count). The number of hydrogen-bond acceptors (Lipinski definition) is 3. The lowest BCUT2D eigenvalue weighted by Gasteiger charge is -2.29. The second-order valence-corrected chi connectivity index (χ2v) is 9.22. The molecule has 0 saturated carbocycles. The molecule has 1 heterocycles. The number of carbonyl (C=O) groups excluding carboxylic acids is 3. The largest absolute Gasteiger partial charge is 0.347 e. The molecule has 2 atom stereocenters. The van der Waals surface area contributed by atoms with Crippen LogP contribution in [0.25, 0.3) is 0 Å². The number of carbonyl (C=O) groups is 3. The van der Waals surface area contributed by atoms with Crippen LogP contribution in [0.4, 0.5) is 0 Å². The Balaban J connectivity index is 1.73. The molecule has 1 fully saturated rings. The number of amides is 2. The monoisotopic (exact) mass is 434 g/mol. The Bertz CT molecular complexity index is 924. The fraction of sp³-hybridized carbons (Fsp3) is 0.444. The van der Waals surface area contributed by atoms with Crippen LogP contribution in [0.5, 0.6) is 0 Å². The van der Waals surface area contributed by atoms with Gasteiger partial charge in [-0.05, 0) is 43.2 Å². The smallest absolute Gasteiger partial charge is 0.291 e. The number of rotatable bonds is 9. The third-order valence-corrected chi connectivity index (χ3v) is 6.59. The molecule has 170 valence electrons. The maximum atomic E-state index is 13.3. The first kappa shape index (κ1) is 23.7. The average Bonchev–Trinajstić information content (AvgIpc) is 3.32. The van der Waals surface area contributed by atoms with E-state index in [1.54, 1.807) is 13.8 Å². The van der Waals surface area contributed by atoms with Crippen molar-refractivity contribution in [2.45, 2.75) is 65.0 Å². The van der Waals surface area contributed by atoms with Crippen molar-refractivity contribution in [3.8, 4) is 0 Å². The summed E-state index contributed by atoms with van der Waals surface area (Å²) in [6.07, 6.45) is 3.47. The topological polar surface area (TPSA) is 66.5 Å². The Morgan fingerprint density at radius 2 is 1.66 bits per heavy atom. The summed E-state index contributed by atoms with van der Waals surface area (Å²) >= 11 is 0. The van der Waals surface area contributed by atoms with Crippen molar-refractivity contribution in [2.75, 3.05) is 6.54 Å². The molecule has 2 aromatic carbocycles. The van der Waals surface area contributed by atoms with Gasteiger partial charge in [0.05, 0.1) is 6.04 Å². The number of nitrogens with zero attached hydrogens (tertiary/aromatic N) is 1. The zero-order chi connectivity index (χ0) is 23.1. The van der Waals surface area contributed by atoms with E-state index in [0.717, 1.165) is 24.8 Å². The van der Waals surface area contributed by atoms with Crippen molar-refractivity contribution < 1.29 is 14.4 Å². The van der Waals surface area contributed by atoms with Crippen LogP contribution in [0.15, 0.2) is 60.7 Å². The van der Waals surface area contributed by atoms with Gasteiger partial charge in [-0.15, -0.1) is 0 Å². The predicted octanol–water partition coefficient (Wildman–Crippen LogP) is 4.47. The fourth-order valence-electron chi connectivity index (χ4n) is 4.09. The molecule has 1 aliphatic rings. The van der Waals surface area contributed by atoms with Crippen LogP contribution in [0.2, 0.25) is 0 Å². The number of benzene rings is 2. The highest BCUT2D eigenvalue weighted by Gasteiger charge is 2.41. The van der Waals surface area contributed by atoms with E-state index in [2.05, 4.69) is 17.4 Å². The second-order valence-electron chi connectivity index (χ2n) is 9.22. The molecular formula is C27H34N2O3. The summed E-state index contributed by atoms with van der Waals surface area (Å²) in [7, 11) is 0. The normalized spacial score (nSPS) is 17.1. The van der Waals surface area contributed by atoms with E-state index in [1.165, 1.54) is 10.5 Å². The lowest BCUT2D eigenvalue weighted by molar-refractivity contribution is -0.151. The summed E-state index contributed by atoms with van der Waals surface area (Å²) < 4.78 is 0. The van der Waals surface area contributed by atoms with Crippen LogP contribution >= 0.6 is 0 Å². The Labute approximate surface area is 191 Å². The van der Waals surface area contributed by atoms with Gasteiger partial charge in [0.25, 0.3) is 5.91 Å². The number of aryl methyl sites for hydroxylation is 1. The summed E-state index contributed by atoms with van der Waals surface area (Å²) in [4.78, 5) is 40.4. The van der Waals surface area contributed by atoms with Crippen molar-refractivity contribution >= 4 is 17.6 Å². The second kappa shape index (κ2) is 10.6. The highest BCUT2D eigenvalue weighted by Crippen LogP contribution is 2.27. The Morgan fingerprint density at radius 1 is 1.03 bits per heavy atom. The van der Waals surface area contributed by atoms with Gasteiger partial charge < -0.3 is 10.2 Å². The standard InChI is InChI=1S/C27H34N2O3/c1-4-27(2,3)24(30)26(32)29-19-11-16-23(29)25(31)28-22(21-14-9-6-10-15-21)18-17-20-12-7-5-8-13-20/h5-10,12-15,22-23H,4,11,16-19H2,1-3H3,(H,28,31)/t22?,23-/m0/s1. The number of likely N-dealkylation sites (tertiary alicyclic amines) is 1. The van der Waals surface area contributed by atoms with E-state index >= 15 is 0 Å². The molecule has 1 aliphatic heterocycles. The van der Waals surface area contributed by atoms with Gasteiger partial charge in [0, 0.05) is 12.0 Å². The van der Waals surface area contributed by atoms with Gasteiger partial charge in [-0.3, -0.25) is 14.4 Å². The third-order valence-electron chi connectivity index (χ3n) is 6.59. The van der Waals surface area contributed by atoms with Crippen LogP contribution in [0, 0.1) is 5.41 Å². The first-order valence-corrected chi connectivity index (χ1v) is 11.6. The molecule has 1 unspecified atom stereocenters. The highest BCUT2D eigenvalue weighted by atomic mass is 16.2. The minimum Gasteiger partial charge on any atom is -0.347 e. The lowest BCUT2D eigenvalue weighted by atomic mass is 9.84. The van der Waals surface area contributed by atoms with Crippen molar-refractivity contribution in [3.05, 3.63) is 71.8 Å². The number of ketones is 1. The van der Waals surface area contributed by atoms with Gasteiger partial charge in [-0.2, -0.15) is 0 Å². The molecular weight excluding hydrogens is 400 g/mol. The average molecular weight is 435 g/mol. The summed E-state index contributed by atoms with van der Waals surface area (Å²) in [5.41, 5.74) is 1.53. The van der Waals surface area contributed by atoms with Crippen molar-refractivity contribution in [1.29, 1.82) is 0 Å². The van der Waals surface area contributed by atoms with Crippen LogP contribution in [0.1, 0.15) is 63.6 Å². The first-order valence-electron chi connectivity index (χ1n) is 11.6. The van der Waals surface area contributed by atoms with Gasteiger partial charge in [0.1, 0.15) is 6.04 Å². The minimum atomic E-state index is -0.719. The molecule has 1 saturated heterocycles. The SMILES string of the molecule is CCC(C)(C)C(=O)C(=O)N1CCC[C@H]1C(=O)NC(CCc1ccccc1)c1ccccc1. The summed E-state index contributed by atoms with van der Waals surface area (Å²) in [5.74, 6) is -1.13. The van der Waals surface area contributed by atoms with Crippen molar-refractivity contribution in [3.63, 3.8) is 0 Å². The molecule has 1 N–H and O–H groups in total. The van der Waals surface area contributed by atoms with Gasteiger partial charge in [0.2, 0.25) is 11.7 Å². The minimum absolute atomic E-state index is 0.163. The summed E-state index contributed by atoms with van der Waals surface area (Å²) in [6, 6.07) is 19.4. The zero-order valence-corrected chi connectivity index (χ0v) is 19.3. The summed E-state index contributed by atoms with van der Waals surface area (Å²) in [6.45, 7) is 5.92. The van der Waals surface area contributed by atoms with Crippen LogP contribution < -0.4 is 5.32 Å². The predicted molar refractivity (Wildman–Crippen MR) is 126 cm³/mol. The molecule has 32 heavy (non-hydrogen) atoms. The first-order chi connectivity index (χ1) is 15.3. The number of Topliss-reactive ketones (excluding diaryl/α,β-unsaturated/α-hetero) is 1. The van der Waals surface area contributed by atoms with Gasteiger partial charge in [0.15, 0.2) is 0 Å². The Kier molecular flexibility index (Phi) is 7.84. The van der Waals surface area contributed by atoms with Gasteiger partial charge in [-0.1, -0.05) is 81.4 Å². The van der Waals surface area contributed by atoms with E-state index in [-0.39, 0.29) is 11.9 Å². The molecule has 5 nitrogen and oxygen atoms in total. The van der Waals surface area contributed by atoms with E-state index in [0.29, 0.717) is 19.4 Å². The van der Waals surface area contributed by atoms with E-state index in [1.807, 2.05) is 55.5 Å². The van der Waals surface area contributed by atoms with Crippen LogP contribution in [0.3, 0.4) is 0 Å². The molecule has 0 aromatic heterocycles. The molecule has 5 heteroatoms. The van der Waals surface area contributed by atoms with E-state index in [4.69, 9.17) is 0 Å². The number of nitrogens with one attached hydrogen (secondary N) is 1. The van der Waals surface area contributed by atoms with Crippen LogP contribution in [-0.4, -0.2) is 35.1 Å². The summed E-state index contributed by atoms with van der Waals surface area (Å²) in [5, 5.41) is 3.18. The Hall–Kier alpha value is -2.95. The third kappa shape index (κ3) is 5.64. The molecule has 0 spiro atoms. The van der Waals surface area contributed by atoms with Crippen molar-refractivity contribution in [1.82, 2.24) is 10.2 Å². The molecule has 2 aromatic rings. The maximum Gasteiger partial charge on any atom is 0.291 e. The van der Waals surface area contributed by atoms with Gasteiger partial charge in [-0.25, -0.2) is 0 Å². The maximum absolute atomic E-state index is 13.3. The molecule has 0 radical (unpaired) electrons. The van der Waals surface area contributed by atoms with Gasteiger partial charge >= 0.3 is 0 Å². The number of hydrogen-bond donors (Lipinski definition) is 1. The Morgan fingerprint density at radius 3 is 2.28 bits per heavy atom. The van der Waals surface area contributed by atoms with Crippen LogP contribution in [-0.2, 0) is 20.8 Å². The quantitative estimate of drug-likeness (QED) is 0.592. The van der Waals surface area contributed by atoms with E-state index in [9.17, 15) is 14.4 Å². The fourth-order valence-corrected chi connectivity index (χ4v) is 4.09. The lowest BCUT2D eigenvalue weighted by Crippen LogP contribution is -2.50. The highest BCUT2D eigenvalue weighted by molar-refractivity contribution is 6.38. The molecule has 0 aliphatic carbocycles. The molecule has 2 amide bonds. The zero-order valence-electron chi connectivity index (χ0n) is 19.3. The van der Waals surface area contributed by atoms with E-state index < -0.39 is 23.1 Å².